The largest absolute Gasteiger partial charge is 0.471 e. The standard InChI is InChI=1S/C12H13F4NOS/c13-11-4-2-1-3-10(11)9-7-17(8-9)5-6-19(18)12(14,15)16/h1-4,9H,5-8H2. The highest BCUT2D eigenvalue weighted by Crippen LogP contribution is 2.29. The Morgan fingerprint density at radius 2 is 1.89 bits per heavy atom. The minimum Gasteiger partial charge on any atom is -0.301 e. The van der Waals surface area contributed by atoms with Gasteiger partial charge in [0.05, 0.1) is 0 Å². The number of likely N-dealkylation sites (tertiary alicyclic amines) is 1. The summed E-state index contributed by atoms with van der Waals surface area (Å²) in [4.78, 5) is 1.75. The van der Waals surface area contributed by atoms with Gasteiger partial charge in [0.15, 0.2) is 0 Å². The van der Waals surface area contributed by atoms with Gasteiger partial charge in [-0.2, -0.15) is 13.2 Å². The molecule has 0 bridgehead atoms. The minimum absolute atomic E-state index is 0.0144. The number of hydrogen-bond acceptors (Lipinski definition) is 2. The first-order valence-corrected chi connectivity index (χ1v) is 7.12. The van der Waals surface area contributed by atoms with E-state index < -0.39 is 22.1 Å². The molecule has 1 atom stereocenters. The van der Waals surface area contributed by atoms with Crippen LogP contribution in [0.4, 0.5) is 17.6 Å². The third-order valence-electron chi connectivity index (χ3n) is 3.15. The fraction of sp³-hybridized carbons (Fsp3) is 0.500. The monoisotopic (exact) mass is 295 g/mol. The molecule has 1 unspecified atom stereocenters. The molecule has 2 nitrogen and oxygen atoms in total. The summed E-state index contributed by atoms with van der Waals surface area (Å²) >= 11 is 0. The zero-order valence-electron chi connectivity index (χ0n) is 9.99. The van der Waals surface area contributed by atoms with E-state index in [1.165, 1.54) is 6.07 Å². The first-order chi connectivity index (χ1) is 8.88. The SMILES string of the molecule is O=S(CCN1CC(c2ccccc2F)C1)C(F)(F)F. The Morgan fingerprint density at radius 1 is 1.26 bits per heavy atom. The molecule has 2 rings (SSSR count). The summed E-state index contributed by atoms with van der Waals surface area (Å²) in [5.41, 5.74) is -4.05. The van der Waals surface area contributed by atoms with Crippen LogP contribution in [0.1, 0.15) is 11.5 Å². The van der Waals surface area contributed by atoms with Crippen LogP contribution in [0, 0.1) is 5.82 Å². The second-order valence-electron chi connectivity index (χ2n) is 4.47. The highest BCUT2D eigenvalue weighted by atomic mass is 32.2. The zero-order chi connectivity index (χ0) is 14.0. The molecule has 0 spiro atoms. The first kappa shape index (κ1) is 14.5. The quantitative estimate of drug-likeness (QED) is 0.796. The van der Waals surface area contributed by atoms with E-state index in [0.717, 1.165) is 0 Å². The molecule has 1 aliphatic rings. The maximum Gasteiger partial charge on any atom is 0.471 e. The third-order valence-corrected chi connectivity index (χ3v) is 4.22. The number of nitrogens with zero attached hydrogens (tertiary/aromatic N) is 1. The topological polar surface area (TPSA) is 20.3 Å². The van der Waals surface area contributed by atoms with Crippen LogP contribution in [0.15, 0.2) is 24.3 Å². The summed E-state index contributed by atoms with van der Waals surface area (Å²) in [7, 11) is -2.80. The molecule has 1 heterocycles. The summed E-state index contributed by atoms with van der Waals surface area (Å²) in [5, 5.41) is 0. The predicted octanol–water partition coefficient (Wildman–Crippen LogP) is 2.49. The molecule has 0 saturated carbocycles. The Labute approximate surface area is 110 Å². The molecule has 1 fully saturated rings. The summed E-state index contributed by atoms with van der Waals surface area (Å²) < 4.78 is 60.4. The number of benzene rings is 1. The van der Waals surface area contributed by atoms with Crippen LogP contribution in [-0.2, 0) is 10.8 Å². The summed E-state index contributed by atoms with van der Waals surface area (Å²) in [5.74, 6) is -0.695. The van der Waals surface area contributed by atoms with Crippen LogP contribution in [0.5, 0.6) is 0 Å². The molecule has 106 valence electrons. The van der Waals surface area contributed by atoms with Crippen LogP contribution in [0.3, 0.4) is 0 Å². The van der Waals surface area contributed by atoms with Crippen molar-refractivity contribution in [1.29, 1.82) is 0 Å². The van der Waals surface area contributed by atoms with Crippen LogP contribution in [-0.4, -0.2) is 40.0 Å². The maximum absolute atomic E-state index is 13.4. The van der Waals surface area contributed by atoms with Gasteiger partial charge in [0.2, 0.25) is 0 Å². The fourth-order valence-corrected chi connectivity index (χ4v) is 2.74. The molecular weight excluding hydrogens is 282 g/mol. The molecule has 1 aromatic rings. The smallest absolute Gasteiger partial charge is 0.301 e. The van der Waals surface area contributed by atoms with Crippen molar-refractivity contribution in [3.8, 4) is 0 Å². The molecule has 0 radical (unpaired) electrons. The molecule has 19 heavy (non-hydrogen) atoms. The van der Waals surface area contributed by atoms with E-state index in [1.54, 1.807) is 23.1 Å². The van der Waals surface area contributed by atoms with Crippen molar-refractivity contribution in [2.24, 2.45) is 0 Å². The molecule has 7 heteroatoms. The van der Waals surface area contributed by atoms with Gasteiger partial charge < -0.3 is 4.90 Å². The first-order valence-electron chi connectivity index (χ1n) is 5.80. The molecule has 0 N–H and O–H groups in total. The van der Waals surface area contributed by atoms with Gasteiger partial charge in [0.25, 0.3) is 0 Å². The van der Waals surface area contributed by atoms with E-state index in [1.807, 2.05) is 0 Å². The fourth-order valence-electron chi connectivity index (χ4n) is 2.08. The van der Waals surface area contributed by atoms with Gasteiger partial charge in [0.1, 0.15) is 16.6 Å². The van der Waals surface area contributed by atoms with Crippen LogP contribution in [0.2, 0.25) is 0 Å². The van der Waals surface area contributed by atoms with Crippen LogP contribution < -0.4 is 0 Å². The van der Waals surface area contributed by atoms with E-state index in [0.29, 0.717) is 18.7 Å². The van der Waals surface area contributed by atoms with Gasteiger partial charge in [-0.25, -0.2) is 4.39 Å². The zero-order valence-corrected chi connectivity index (χ0v) is 10.8. The number of hydrogen-bond donors (Lipinski definition) is 0. The molecule has 0 aliphatic carbocycles. The Bertz CT molecular complexity index is 471. The van der Waals surface area contributed by atoms with Gasteiger partial charge in [-0.05, 0) is 11.6 Å². The number of halogens is 4. The Hall–Kier alpha value is -0.950. The van der Waals surface area contributed by atoms with Crippen LogP contribution in [0.25, 0.3) is 0 Å². The lowest BCUT2D eigenvalue weighted by Crippen LogP contribution is -2.47. The number of rotatable bonds is 4. The van der Waals surface area contributed by atoms with Gasteiger partial charge in [-0.1, -0.05) is 18.2 Å². The Kier molecular flexibility index (Phi) is 4.25. The lowest BCUT2D eigenvalue weighted by molar-refractivity contribution is -0.0386. The van der Waals surface area contributed by atoms with E-state index >= 15 is 0 Å². The van der Waals surface area contributed by atoms with E-state index in [4.69, 9.17) is 0 Å². The van der Waals surface area contributed by atoms with E-state index in [-0.39, 0.29) is 18.3 Å². The van der Waals surface area contributed by atoms with Gasteiger partial charge in [0, 0.05) is 31.3 Å². The van der Waals surface area contributed by atoms with Crippen molar-refractivity contribution in [3.63, 3.8) is 0 Å². The van der Waals surface area contributed by atoms with Crippen molar-refractivity contribution in [1.82, 2.24) is 4.90 Å². The molecule has 1 saturated heterocycles. The van der Waals surface area contributed by atoms with Gasteiger partial charge in [-0.15, -0.1) is 0 Å². The minimum atomic E-state index is -4.64. The maximum atomic E-state index is 13.4. The van der Waals surface area contributed by atoms with Crippen molar-refractivity contribution < 1.29 is 21.8 Å². The Balaban J connectivity index is 1.78. The third kappa shape index (κ3) is 3.54. The van der Waals surface area contributed by atoms with Crippen molar-refractivity contribution in [3.05, 3.63) is 35.6 Å². The van der Waals surface area contributed by atoms with E-state index in [9.17, 15) is 21.8 Å². The average molecular weight is 295 g/mol. The lowest BCUT2D eigenvalue weighted by atomic mass is 9.91. The van der Waals surface area contributed by atoms with Crippen LogP contribution >= 0.6 is 0 Å². The second-order valence-corrected chi connectivity index (χ2v) is 6.04. The van der Waals surface area contributed by atoms with Gasteiger partial charge in [-0.3, -0.25) is 4.21 Å². The van der Waals surface area contributed by atoms with E-state index in [2.05, 4.69) is 0 Å². The normalized spacial score (nSPS) is 19.2. The van der Waals surface area contributed by atoms with Crippen molar-refractivity contribution in [2.45, 2.75) is 11.4 Å². The number of alkyl halides is 3. The van der Waals surface area contributed by atoms with Crippen molar-refractivity contribution in [2.75, 3.05) is 25.4 Å². The second kappa shape index (κ2) is 5.58. The molecule has 0 aromatic heterocycles. The predicted molar refractivity (Wildman–Crippen MR) is 64.6 cm³/mol. The Morgan fingerprint density at radius 3 is 2.47 bits per heavy atom. The van der Waals surface area contributed by atoms with Gasteiger partial charge >= 0.3 is 5.51 Å². The summed E-state index contributed by atoms with van der Waals surface area (Å²) in [6.45, 7) is 1.14. The summed E-state index contributed by atoms with van der Waals surface area (Å²) in [6.07, 6.45) is 0. The average Bonchev–Trinajstić information content (AvgIpc) is 2.27. The highest BCUT2D eigenvalue weighted by molar-refractivity contribution is 7.85. The molecule has 1 aliphatic heterocycles. The molecule has 0 amide bonds. The lowest BCUT2D eigenvalue weighted by Gasteiger charge is -2.39. The molecule has 1 aromatic carbocycles. The molecular formula is C12H13F4NOS. The van der Waals surface area contributed by atoms with Crippen molar-refractivity contribution >= 4 is 10.8 Å². The highest BCUT2D eigenvalue weighted by Gasteiger charge is 2.37. The summed E-state index contributed by atoms with van der Waals surface area (Å²) in [6, 6.07) is 6.39.